The highest BCUT2D eigenvalue weighted by molar-refractivity contribution is 6.17. The van der Waals surface area contributed by atoms with E-state index in [9.17, 15) is 0 Å². The maximum Gasteiger partial charge on any atom is 0.324 e. The van der Waals surface area contributed by atoms with Gasteiger partial charge < -0.3 is 14.4 Å². The predicted octanol–water partition coefficient (Wildman–Crippen LogP) is 1.34. The van der Waals surface area contributed by atoms with Crippen molar-refractivity contribution in [3.05, 3.63) is 0 Å². The number of halogens is 1. The molecular formula is C10H17ClN4O2. The van der Waals surface area contributed by atoms with Crippen LogP contribution in [0.3, 0.4) is 0 Å². The summed E-state index contributed by atoms with van der Waals surface area (Å²) in [4.78, 5) is 14.1. The Kier molecular flexibility index (Phi) is 5.76. The number of anilines is 1. The SMILES string of the molecule is CCCOc1nc(OCCCl)nc(N(C)C)n1. The summed E-state index contributed by atoms with van der Waals surface area (Å²) in [6, 6.07) is 0.505. The van der Waals surface area contributed by atoms with Crippen LogP contribution in [0.4, 0.5) is 5.95 Å². The number of hydrogen-bond donors (Lipinski definition) is 0. The Hall–Kier alpha value is -1.30. The molecule has 17 heavy (non-hydrogen) atoms. The van der Waals surface area contributed by atoms with E-state index in [2.05, 4.69) is 15.0 Å². The molecule has 1 rings (SSSR count). The molecule has 0 spiro atoms. The molecule has 0 atom stereocenters. The van der Waals surface area contributed by atoms with Crippen LogP contribution in [-0.4, -0.2) is 48.1 Å². The van der Waals surface area contributed by atoms with Crippen LogP contribution in [0, 0.1) is 0 Å². The second-order valence-corrected chi connectivity index (χ2v) is 3.86. The quantitative estimate of drug-likeness (QED) is 0.690. The summed E-state index contributed by atoms with van der Waals surface area (Å²) < 4.78 is 10.6. The monoisotopic (exact) mass is 260 g/mol. The predicted molar refractivity (Wildman–Crippen MR) is 66.2 cm³/mol. The van der Waals surface area contributed by atoms with Crippen LogP contribution in [0.25, 0.3) is 0 Å². The van der Waals surface area contributed by atoms with Crippen LogP contribution in [0.5, 0.6) is 12.0 Å². The number of rotatable bonds is 7. The van der Waals surface area contributed by atoms with Crippen molar-refractivity contribution in [3.8, 4) is 12.0 Å². The third-order valence-electron chi connectivity index (χ3n) is 1.73. The lowest BCUT2D eigenvalue weighted by Gasteiger charge is -2.12. The number of ether oxygens (including phenoxy) is 2. The van der Waals surface area contributed by atoms with E-state index in [4.69, 9.17) is 21.1 Å². The van der Waals surface area contributed by atoms with Gasteiger partial charge in [-0.3, -0.25) is 0 Å². The van der Waals surface area contributed by atoms with Gasteiger partial charge in [-0.1, -0.05) is 6.92 Å². The van der Waals surface area contributed by atoms with Crippen molar-refractivity contribution in [2.45, 2.75) is 13.3 Å². The first-order chi connectivity index (χ1) is 8.17. The number of aromatic nitrogens is 3. The Bertz CT molecular complexity index is 323. The van der Waals surface area contributed by atoms with E-state index >= 15 is 0 Å². The van der Waals surface area contributed by atoms with E-state index in [1.165, 1.54) is 0 Å². The van der Waals surface area contributed by atoms with E-state index in [1.54, 1.807) is 4.90 Å². The van der Waals surface area contributed by atoms with Gasteiger partial charge in [0.05, 0.1) is 12.5 Å². The topological polar surface area (TPSA) is 60.4 Å². The van der Waals surface area contributed by atoms with Crippen molar-refractivity contribution >= 4 is 17.5 Å². The van der Waals surface area contributed by atoms with Gasteiger partial charge >= 0.3 is 12.0 Å². The minimum Gasteiger partial charge on any atom is -0.463 e. The summed E-state index contributed by atoms with van der Waals surface area (Å²) in [6.07, 6.45) is 0.890. The zero-order chi connectivity index (χ0) is 12.7. The molecule has 0 radical (unpaired) electrons. The highest BCUT2D eigenvalue weighted by atomic mass is 35.5. The van der Waals surface area contributed by atoms with Crippen molar-refractivity contribution < 1.29 is 9.47 Å². The van der Waals surface area contributed by atoms with Crippen molar-refractivity contribution in [3.63, 3.8) is 0 Å². The van der Waals surface area contributed by atoms with Crippen LogP contribution in [-0.2, 0) is 0 Å². The zero-order valence-corrected chi connectivity index (χ0v) is 11.1. The standard InChI is InChI=1S/C10H17ClN4O2/c1-4-6-16-9-12-8(15(2)3)13-10(14-9)17-7-5-11/h4-7H2,1-3H3. The fraction of sp³-hybridized carbons (Fsp3) is 0.700. The summed E-state index contributed by atoms with van der Waals surface area (Å²) >= 11 is 5.54. The highest BCUT2D eigenvalue weighted by Gasteiger charge is 2.09. The van der Waals surface area contributed by atoms with E-state index < -0.39 is 0 Å². The molecule has 1 aromatic heterocycles. The van der Waals surface area contributed by atoms with Gasteiger partial charge in [-0.2, -0.15) is 9.97 Å². The third kappa shape index (κ3) is 4.60. The van der Waals surface area contributed by atoms with Crippen LogP contribution < -0.4 is 14.4 Å². The van der Waals surface area contributed by atoms with Gasteiger partial charge in [-0.15, -0.1) is 16.6 Å². The van der Waals surface area contributed by atoms with Gasteiger partial charge in [0.1, 0.15) is 6.61 Å². The third-order valence-corrected chi connectivity index (χ3v) is 1.88. The zero-order valence-electron chi connectivity index (χ0n) is 10.3. The maximum absolute atomic E-state index is 5.54. The van der Waals surface area contributed by atoms with Gasteiger partial charge in [0, 0.05) is 14.1 Å². The van der Waals surface area contributed by atoms with Gasteiger partial charge in [0.15, 0.2) is 0 Å². The van der Waals surface area contributed by atoms with Gasteiger partial charge in [0.25, 0.3) is 0 Å². The Morgan fingerprint density at radius 2 is 1.65 bits per heavy atom. The average molecular weight is 261 g/mol. The smallest absolute Gasteiger partial charge is 0.324 e. The first-order valence-corrected chi connectivity index (χ1v) is 5.95. The first kappa shape index (κ1) is 13.8. The van der Waals surface area contributed by atoms with E-state index in [0.717, 1.165) is 6.42 Å². The lowest BCUT2D eigenvalue weighted by Crippen LogP contribution is -2.15. The molecule has 0 saturated heterocycles. The summed E-state index contributed by atoms with van der Waals surface area (Å²) in [7, 11) is 3.68. The average Bonchev–Trinajstić information content (AvgIpc) is 2.33. The van der Waals surface area contributed by atoms with Gasteiger partial charge in [-0.25, -0.2) is 0 Å². The summed E-state index contributed by atoms with van der Waals surface area (Å²) in [5.41, 5.74) is 0. The maximum atomic E-state index is 5.54. The van der Waals surface area contributed by atoms with E-state index in [0.29, 0.717) is 25.0 Å². The van der Waals surface area contributed by atoms with Crippen LogP contribution in [0.2, 0.25) is 0 Å². The van der Waals surface area contributed by atoms with E-state index in [1.807, 2.05) is 21.0 Å². The van der Waals surface area contributed by atoms with Crippen molar-refractivity contribution in [2.24, 2.45) is 0 Å². The molecule has 6 nitrogen and oxygen atoms in total. The van der Waals surface area contributed by atoms with Crippen molar-refractivity contribution in [1.82, 2.24) is 15.0 Å². The van der Waals surface area contributed by atoms with Gasteiger partial charge in [0.2, 0.25) is 5.95 Å². The lowest BCUT2D eigenvalue weighted by molar-refractivity contribution is 0.270. The molecule has 0 aromatic carbocycles. The van der Waals surface area contributed by atoms with Crippen molar-refractivity contribution in [1.29, 1.82) is 0 Å². The molecule has 0 amide bonds. The molecule has 0 aliphatic carbocycles. The first-order valence-electron chi connectivity index (χ1n) is 5.42. The lowest BCUT2D eigenvalue weighted by atomic mass is 10.5. The van der Waals surface area contributed by atoms with Crippen molar-refractivity contribution in [2.75, 3.05) is 38.1 Å². The molecule has 7 heteroatoms. The molecule has 0 fully saturated rings. The van der Waals surface area contributed by atoms with E-state index in [-0.39, 0.29) is 12.0 Å². The fourth-order valence-corrected chi connectivity index (χ4v) is 1.06. The number of nitrogens with zero attached hydrogens (tertiary/aromatic N) is 4. The normalized spacial score (nSPS) is 10.1. The Balaban J connectivity index is 2.84. The Morgan fingerprint density at radius 3 is 2.12 bits per heavy atom. The molecule has 96 valence electrons. The Labute approximate surface area is 106 Å². The number of hydrogen-bond acceptors (Lipinski definition) is 6. The minimum absolute atomic E-state index is 0.232. The van der Waals surface area contributed by atoms with Crippen LogP contribution in [0.1, 0.15) is 13.3 Å². The second-order valence-electron chi connectivity index (χ2n) is 3.48. The summed E-state index contributed by atoms with van der Waals surface area (Å²) in [6.45, 7) is 2.93. The second kappa shape index (κ2) is 7.11. The highest BCUT2D eigenvalue weighted by Crippen LogP contribution is 2.14. The number of alkyl halides is 1. The van der Waals surface area contributed by atoms with Crippen LogP contribution >= 0.6 is 11.6 Å². The molecule has 0 bridgehead atoms. The molecule has 0 unspecified atom stereocenters. The minimum atomic E-state index is 0.232. The molecular weight excluding hydrogens is 244 g/mol. The van der Waals surface area contributed by atoms with Crippen LogP contribution in [0.15, 0.2) is 0 Å². The largest absolute Gasteiger partial charge is 0.463 e. The molecule has 0 aliphatic heterocycles. The molecule has 0 saturated carbocycles. The Morgan fingerprint density at radius 1 is 1.06 bits per heavy atom. The van der Waals surface area contributed by atoms with Gasteiger partial charge in [-0.05, 0) is 6.42 Å². The molecule has 0 aliphatic rings. The summed E-state index contributed by atoms with van der Waals surface area (Å²) in [5.74, 6) is 0.879. The molecule has 0 N–H and O–H groups in total. The summed E-state index contributed by atoms with van der Waals surface area (Å²) in [5, 5.41) is 0. The fourth-order valence-electron chi connectivity index (χ4n) is 0.980. The molecule has 1 heterocycles. The molecule has 1 aromatic rings.